The molecule has 0 radical (unpaired) electrons. The van der Waals surface area contributed by atoms with E-state index >= 15 is 8.78 Å². The van der Waals surface area contributed by atoms with Gasteiger partial charge in [0, 0.05) is 25.7 Å². The Morgan fingerprint density at radius 1 is 0.291 bits per heavy atom. The molecule has 258 valence electrons. The summed E-state index contributed by atoms with van der Waals surface area (Å²) in [4.78, 5) is 0. The van der Waals surface area contributed by atoms with E-state index in [1.54, 1.807) is 11.3 Å². The molecule has 0 aliphatic rings. The van der Waals surface area contributed by atoms with E-state index in [1.165, 1.54) is 76.6 Å². The highest BCUT2D eigenvalue weighted by atomic mass is 32.1. The van der Waals surface area contributed by atoms with E-state index in [0.29, 0.717) is 5.56 Å². The van der Waals surface area contributed by atoms with Crippen molar-refractivity contribution in [2.45, 2.75) is 0 Å². The molecule has 0 unspecified atom stereocenters. The van der Waals surface area contributed by atoms with Gasteiger partial charge in [0.15, 0.2) is 0 Å². The minimum atomic E-state index is -0.571. The van der Waals surface area contributed by atoms with Crippen LogP contribution in [-0.4, -0.2) is 0 Å². The lowest BCUT2D eigenvalue weighted by Gasteiger charge is -2.19. The second kappa shape index (κ2) is 12.4. The molecule has 0 bridgehead atoms. The molecule has 0 saturated heterocycles. The maximum Gasteiger partial charge on any atom is 0.134 e. The van der Waals surface area contributed by atoms with Crippen molar-refractivity contribution in [1.29, 1.82) is 0 Å². The van der Waals surface area contributed by atoms with Gasteiger partial charge in [-0.3, -0.25) is 0 Å². The maximum atomic E-state index is 15.6. The predicted molar refractivity (Wildman–Crippen MR) is 231 cm³/mol. The highest BCUT2D eigenvalue weighted by Gasteiger charge is 2.23. The second-order valence-corrected chi connectivity index (χ2v) is 15.2. The molecule has 11 rings (SSSR count). The summed E-state index contributed by atoms with van der Waals surface area (Å²) in [5, 5.41) is 10.8. The van der Waals surface area contributed by atoms with Crippen LogP contribution in [0.5, 0.6) is 0 Å². The number of hydrogen-bond donors (Lipinski definition) is 0. The molecule has 0 spiro atoms. The Labute approximate surface area is 320 Å². The summed E-state index contributed by atoms with van der Waals surface area (Å²) in [6, 6.07) is 61.9. The van der Waals surface area contributed by atoms with E-state index in [1.807, 2.05) is 36.4 Å². The Hall–Kier alpha value is -6.68. The van der Waals surface area contributed by atoms with Crippen LogP contribution in [0.15, 0.2) is 182 Å². The van der Waals surface area contributed by atoms with E-state index in [0.717, 1.165) is 38.2 Å². The Balaban J connectivity index is 1.23. The number of halogens is 2. The van der Waals surface area contributed by atoms with Gasteiger partial charge in [0.25, 0.3) is 0 Å². The first-order chi connectivity index (χ1) is 27.2. The van der Waals surface area contributed by atoms with Crippen molar-refractivity contribution in [3.05, 3.63) is 194 Å². The third kappa shape index (κ3) is 4.80. The number of rotatable bonds is 4. The zero-order valence-corrected chi connectivity index (χ0v) is 30.3. The zero-order chi connectivity index (χ0) is 36.6. The third-order valence-corrected chi connectivity index (χ3v) is 12.3. The molecule has 0 fully saturated rings. The van der Waals surface area contributed by atoms with Gasteiger partial charge in [-0.05, 0) is 107 Å². The first-order valence-corrected chi connectivity index (χ1v) is 19.3. The van der Waals surface area contributed by atoms with Gasteiger partial charge in [-0.1, -0.05) is 152 Å². The molecule has 10 aromatic carbocycles. The molecule has 0 amide bonds. The fourth-order valence-corrected chi connectivity index (χ4v) is 10.1. The summed E-state index contributed by atoms with van der Waals surface area (Å²) in [6.45, 7) is 0. The summed E-state index contributed by atoms with van der Waals surface area (Å²) >= 11 is 1.80. The largest absolute Gasteiger partial charge is 0.206 e. The van der Waals surface area contributed by atoms with Crippen molar-refractivity contribution in [3.8, 4) is 44.5 Å². The number of benzene rings is 10. The van der Waals surface area contributed by atoms with E-state index in [9.17, 15) is 0 Å². The molecule has 0 N–H and O–H groups in total. The lowest BCUT2D eigenvalue weighted by molar-refractivity contribution is 0.590. The molecule has 3 heteroatoms. The summed E-state index contributed by atoms with van der Waals surface area (Å²) < 4.78 is 33.6. The van der Waals surface area contributed by atoms with Crippen LogP contribution < -0.4 is 0 Å². The number of hydrogen-bond acceptors (Lipinski definition) is 1. The summed E-state index contributed by atoms with van der Waals surface area (Å²) in [5.41, 5.74) is 7.57. The first-order valence-electron chi connectivity index (χ1n) is 18.5. The van der Waals surface area contributed by atoms with Gasteiger partial charge >= 0.3 is 0 Å². The molecular weight excluding hydrogens is 695 g/mol. The van der Waals surface area contributed by atoms with Crippen LogP contribution in [0, 0.1) is 11.6 Å². The van der Waals surface area contributed by atoms with Crippen molar-refractivity contribution < 1.29 is 8.78 Å². The van der Waals surface area contributed by atoms with E-state index < -0.39 is 11.6 Å². The van der Waals surface area contributed by atoms with Crippen LogP contribution in [0.4, 0.5) is 8.78 Å². The molecule has 11 aromatic rings. The van der Waals surface area contributed by atoms with Crippen molar-refractivity contribution in [3.63, 3.8) is 0 Å². The molecule has 0 aliphatic carbocycles. The lowest BCUT2D eigenvalue weighted by Crippen LogP contribution is -1.95. The van der Waals surface area contributed by atoms with Gasteiger partial charge in [0.2, 0.25) is 0 Å². The number of fused-ring (bicyclic) bond motifs is 7. The third-order valence-electron chi connectivity index (χ3n) is 11.2. The minimum absolute atomic E-state index is 0.00280. The highest BCUT2D eigenvalue weighted by Crippen LogP contribution is 2.50. The highest BCUT2D eigenvalue weighted by molar-refractivity contribution is 7.26. The Morgan fingerprint density at radius 3 is 1.29 bits per heavy atom. The van der Waals surface area contributed by atoms with Gasteiger partial charge in [0.1, 0.15) is 11.6 Å². The summed E-state index contributed by atoms with van der Waals surface area (Å²) in [6.07, 6.45) is 0. The predicted octanol–water partition coefficient (Wildman–Crippen LogP) is 15.6. The zero-order valence-electron chi connectivity index (χ0n) is 29.5. The van der Waals surface area contributed by atoms with Crippen LogP contribution in [0.2, 0.25) is 0 Å². The molecule has 0 nitrogen and oxygen atoms in total. The van der Waals surface area contributed by atoms with E-state index in [2.05, 4.69) is 127 Å². The molecule has 0 atom stereocenters. The van der Waals surface area contributed by atoms with Gasteiger partial charge in [-0.25, -0.2) is 8.78 Å². The van der Waals surface area contributed by atoms with E-state index in [4.69, 9.17) is 0 Å². The smallest absolute Gasteiger partial charge is 0.134 e. The van der Waals surface area contributed by atoms with Crippen LogP contribution >= 0.6 is 11.3 Å². The van der Waals surface area contributed by atoms with Crippen molar-refractivity contribution >= 4 is 74.6 Å². The molecule has 1 heterocycles. The molecule has 0 saturated carbocycles. The summed E-state index contributed by atoms with van der Waals surface area (Å²) in [7, 11) is 0. The van der Waals surface area contributed by atoms with Crippen molar-refractivity contribution in [1.82, 2.24) is 0 Å². The van der Waals surface area contributed by atoms with Crippen LogP contribution in [0.1, 0.15) is 0 Å². The van der Waals surface area contributed by atoms with Crippen LogP contribution in [0.25, 0.3) is 108 Å². The normalized spacial score (nSPS) is 11.8. The Bertz CT molecular complexity index is 3210. The minimum Gasteiger partial charge on any atom is -0.206 e. The molecule has 55 heavy (non-hydrogen) atoms. The van der Waals surface area contributed by atoms with Gasteiger partial charge in [0.05, 0.1) is 5.56 Å². The fraction of sp³-hybridized carbons (Fsp3) is 0. The maximum absolute atomic E-state index is 15.6. The van der Waals surface area contributed by atoms with Crippen molar-refractivity contribution in [2.75, 3.05) is 0 Å². The van der Waals surface area contributed by atoms with Crippen LogP contribution in [0.3, 0.4) is 0 Å². The van der Waals surface area contributed by atoms with Crippen LogP contribution in [-0.2, 0) is 0 Å². The molecular formula is C52H30F2S. The van der Waals surface area contributed by atoms with E-state index in [-0.39, 0.29) is 5.56 Å². The Kier molecular flexibility index (Phi) is 7.20. The first kappa shape index (κ1) is 31.8. The quantitative estimate of drug-likeness (QED) is 0.159. The topological polar surface area (TPSA) is 0 Å². The summed E-state index contributed by atoms with van der Waals surface area (Å²) in [5.74, 6) is -1.14. The standard InChI is InChI=1S/C52H30F2S/c53-43-25-13-26-44(54)52(43)51-39-22-10-8-20-37(39)49(38-21-9-11-23-40(38)51)41-24-12-27-46-50(41)42-30-32(28-29-45(42)55-46)48-35-18-6-4-16-33(35)47(31-14-2-1-3-15-31)34-17-5-7-19-36(34)48/h1-30H. The number of thiophene rings is 1. The van der Waals surface area contributed by atoms with Gasteiger partial charge in [-0.15, -0.1) is 11.3 Å². The molecule has 0 aliphatic heterocycles. The fourth-order valence-electron chi connectivity index (χ4n) is 8.97. The average molecular weight is 725 g/mol. The lowest BCUT2D eigenvalue weighted by atomic mass is 9.84. The second-order valence-electron chi connectivity index (χ2n) is 14.1. The SMILES string of the molecule is Fc1cccc(F)c1-c1c2ccccc2c(-c2cccc3sc4ccc(-c5c6ccccc6c(-c6ccccc6)c6ccccc56)cc4c23)c2ccccc12. The van der Waals surface area contributed by atoms with Gasteiger partial charge < -0.3 is 0 Å². The average Bonchev–Trinajstić information content (AvgIpc) is 3.61. The van der Waals surface area contributed by atoms with Crippen molar-refractivity contribution in [2.24, 2.45) is 0 Å². The monoisotopic (exact) mass is 724 g/mol. The molecule has 1 aromatic heterocycles. The van der Waals surface area contributed by atoms with Gasteiger partial charge in [-0.2, -0.15) is 0 Å². The Morgan fingerprint density at radius 2 is 0.745 bits per heavy atom.